The zero-order valence-electron chi connectivity index (χ0n) is 11.3. The topological polar surface area (TPSA) is 84.2 Å². The number of aliphatic carboxylic acids is 1. The minimum atomic E-state index is -0.911. The molecule has 0 bridgehead atoms. The molecule has 0 atom stereocenters. The van der Waals surface area contributed by atoms with Crippen molar-refractivity contribution in [1.82, 2.24) is 9.78 Å². The van der Waals surface area contributed by atoms with Crippen molar-refractivity contribution in [2.75, 3.05) is 5.32 Å². The largest absolute Gasteiger partial charge is 0.481 e. The fourth-order valence-electron chi connectivity index (χ4n) is 1.68. The molecule has 0 unspecified atom stereocenters. The van der Waals surface area contributed by atoms with Gasteiger partial charge in [-0.15, -0.1) is 0 Å². The number of carboxylic acids is 1. The Labute approximate surface area is 126 Å². The van der Waals surface area contributed by atoms with E-state index >= 15 is 0 Å². The first kappa shape index (κ1) is 15.1. The molecular weight excluding hydrogens is 294 g/mol. The molecule has 2 rings (SSSR count). The molecule has 6 nitrogen and oxygen atoms in total. The number of rotatable bonds is 5. The minimum absolute atomic E-state index is 0.0453. The predicted octanol–water partition coefficient (Wildman–Crippen LogP) is 2.57. The number of nitrogens with one attached hydrogen (secondary N) is 1. The van der Waals surface area contributed by atoms with E-state index in [1.807, 2.05) is 13.0 Å². The lowest BCUT2D eigenvalue weighted by Gasteiger charge is -2.05. The van der Waals surface area contributed by atoms with Crippen molar-refractivity contribution in [2.45, 2.75) is 19.9 Å². The molecule has 0 spiro atoms. The average molecular weight is 308 g/mol. The molecule has 0 aliphatic rings. The van der Waals surface area contributed by atoms with Crippen LogP contribution in [0.4, 0.5) is 5.69 Å². The lowest BCUT2D eigenvalue weighted by molar-refractivity contribution is -0.137. The molecule has 2 N–H and O–H groups in total. The molecule has 1 amide bonds. The lowest BCUT2D eigenvalue weighted by Crippen LogP contribution is -2.14. The third-order valence-corrected chi connectivity index (χ3v) is 3.26. The van der Waals surface area contributed by atoms with Crippen molar-refractivity contribution in [3.8, 4) is 0 Å². The maximum Gasteiger partial charge on any atom is 0.305 e. The van der Waals surface area contributed by atoms with Gasteiger partial charge >= 0.3 is 5.97 Å². The van der Waals surface area contributed by atoms with Gasteiger partial charge in [0.25, 0.3) is 5.91 Å². The van der Waals surface area contributed by atoms with Crippen LogP contribution >= 0.6 is 11.6 Å². The Hall–Kier alpha value is -2.34. The van der Waals surface area contributed by atoms with Gasteiger partial charge in [0.1, 0.15) is 0 Å². The first-order chi connectivity index (χ1) is 9.95. The highest BCUT2D eigenvalue weighted by atomic mass is 35.5. The summed E-state index contributed by atoms with van der Waals surface area (Å²) in [7, 11) is 0. The van der Waals surface area contributed by atoms with Crippen LogP contribution in [0.5, 0.6) is 0 Å². The number of benzene rings is 1. The van der Waals surface area contributed by atoms with Crippen LogP contribution in [-0.4, -0.2) is 26.8 Å². The summed E-state index contributed by atoms with van der Waals surface area (Å²) in [5, 5.41) is 15.9. The van der Waals surface area contributed by atoms with E-state index in [2.05, 4.69) is 10.4 Å². The number of carbonyl (C=O) groups excluding carboxylic acids is 1. The molecule has 0 saturated carbocycles. The Morgan fingerprint density at radius 1 is 1.38 bits per heavy atom. The molecule has 21 heavy (non-hydrogen) atoms. The molecule has 110 valence electrons. The van der Waals surface area contributed by atoms with Crippen LogP contribution < -0.4 is 5.32 Å². The highest BCUT2D eigenvalue weighted by molar-refractivity contribution is 6.31. The fourth-order valence-corrected chi connectivity index (χ4v) is 1.86. The summed E-state index contributed by atoms with van der Waals surface area (Å²) in [5.41, 5.74) is 1.72. The highest BCUT2D eigenvalue weighted by Gasteiger charge is 2.11. The summed E-state index contributed by atoms with van der Waals surface area (Å²) in [6.45, 7) is 2.09. The summed E-state index contributed by atoms with van der Waals surface area (Å²) < 4.78 is 1.42. The van der Waals surface area contributed by atoms with Crippen molar-refractivity contribution in [3.05, 3.63) is 46.7 Å². The van der Waals surface area contributed by atoms with E-state index in [1.165, 1.54) is 10.7 Å². The molecule has 0 aliphatic carbocycles. The number of carbonyl (C=O) groups is 2. The van der Waals surface area contributed by atoms with Crippen molar-refractivity contribution in [1.29, 1.82) is 0 Å². The smallest absolute Gasteiger partial charge is 0.305 e. The van der Waals surface area contributed by atoms with Gasteiger partial charge in [-0.1, -0.05) is 17.7 Å². The van der Waals surface area contributed by atoms with Crippen molar-refractivity contribution in [3.63, 3.8) is 0 Å². The second-order valence-corrected chi connectivity index (χ2v) is 4.93. The van der Waals surface area contributed by atoms with E-state index in [0.29, 0.717) is 10.7 Å². The van der Waals surface area contributed by atoms with Gasteiger partial charge in [-0.2, -0.15) is 5.10 Å². The Balaban J connectivity index is 2.03. The molecule has 1 aromatic heterocycles. The normalized spacial score (nSPS) is 10.4. The summed E-state index contributed by atoms with van der Waals surface area (Å²) in [4.78, 5) is 22.5. The third kappa shape index (κ3) is 4.06. The van der Waals surface area contributed by atoms with Crippen LogP contribution in [-0.2, 0) is 11.3 Å². The number of aryl methyl sites for hydroxylation is 2. The van der Waals surface area contributed by atoms with Crippen LogP contribution in [0.15, 0.2) is 30.5 Å². The first-order valence-corrected chi connectivity index (χ1v) is 6.66. The summed E-state index contributed by atoms with van der Waals surface area (Å²) in [6.07, 6.45) is 1.52. The number of anilines is 1. The molecule has 1 aromatic carbocycles. The van der Waals surface area contributed by atoms with Gasteiger partial charge in [-0.05, 0) is 30.7 Å². The molecule has 0 saturated heterocycles. The number of hydrogen-bond acceptors (Lipinski definition) is 3. The summed E-state index contributed by atoms with van der Waals surface area (Å²) in [5.74, 6) is -1.28. The number of carboxylic acid groups (broad SMARTS) is 1. The van der Waals surface area contributed by atoms with Gasteiger partial charge in [-0.25, -0.2) is 0 Å². The zero-order valence-corrected chi connectivity index (χ0v) is 12.1. The maximum absolute atomic E-state index is 12.0. The van der Waals surface area contributed by atoms with E-state index in [4.69, 9.17) is 16.7 Å². The van der Waals surface area contributed by atoms with Gasteiger partial charge in [0.15, 0.2) is 5.69 Å². The fraction of sp³-hybridized carbons (Fsp3) is 0.214. The molecule has 1 heterocycles. The Morgan fingerprint density at radius 3 is 2.81 bits per heavy atom. The van der Waals surface area contributed by atoms with Crippen LogP contribution in [0.25, 0.3) is 0 Å². The van der Waals surface area contributed by atoms with Gasteiger partial charge < -0.3 is 10.4 Å². The molecule has 7 heteroatoms. The van der Waals surface area contributed by atoms with Crippen molar-refractivity contribution < 1.29 is 14.7 Å². The number of nitrogens with zero attached hydrogens (tertiary/aromatic N) is 2. The second-order valence-electron chi connectivity index (χ2n) is 4.53. The molecule has 0 radical (unpaired) electrons. The number of aromatic nitrogens is 2. The quantitative estimate of drug-likeness (QED) is 0.889. The molecule has 0 fully saturated rings. The van der Waals surface area contributed by atoms with Crippen LogP contribution in [0.3, 0.4) is 0 Å². The lowest BCUT2D eigenvalue weighted by atomic mass is 10.2. The Bertz CT molecular complexity index is 682. The molecule has 2 aromatic rings. The second kappa shape index (κ2) is 6.41. The number of halogens is 1. The summed E-state index contributed by atoms with van der Waals surface area (Å²) in [6, 6.07) is 6.76. The molecular formula is C14H14ClN3O3. The van der Waals surface area contributed by atoms with Gasteiger partial charge in [0.05, 0.1) is 13.0 Å². The van der Waals surface area contributed by atoms with E-state index in [0.717, 1.165) is 5.56 Å². The zero-order chi connectivity index (χ0) is 15.4. The van der Waals surface area contributed by atoms with E-state index in [-0.39, 0.29) is 24.6 Å². The van der Waals surface area contributed by atoms with Crippen LogP contribution in [0.1, 0.15) is 22.5 Å². The van der Waals surface area contributed by atoms with Crippen molar-refractivity contribution in [2.24, 2.45) is 0 Å². The van der Waals surface area contributed by atoms with E-state index in [1.54, 1.807) is 18.3 Å². The SMILES string of the molecule is Cc1ccc(NC(=O)c2ccn(CCC(=O)O)n2)cc1Cl. The highest BCUT2D eigenvalue weighted by Crippen LogP contribution is 2.20. The maximum atomic E-state index is 12.0. The minimum Gasteiger partial charge on any atom is -0.481 e. The van der Waals surface area contributed by atoms with Gasteiger partial charge in [-0.3, -0.25) is 14.3 Å². The average Bonchev–Trinajstić information content (AvgIpc) is 2.89. The van der Waals surface area contributed by atoms with E-state index in [9.17, 15) is 9.59 Å². The third-order valence-electron chi connectivity index (χ3n) is 2.86. The van der Waals surface area contributed by atoms with E-state index < -0.39 is 5.97 Å². The molecule has 0 aliphatic heterocycles. The predicted molar refractivity (Wildman–Crippen MR) is 78.6 cm³/mol. The summed E-state index contributed by atoms with van der Waals surface area (Å²) >= 11 is 5.99. The number of hydrogen-bond donors (Lipinski definition) is 2. The van der Waals surface area contributed by atoms with Crippen LogP contribution in [0, 0.1) is 6.92 Å². The number of amides is 1. The van der Waals surface area contributed by atoms with Crippen molar-refractivity contribution >= 4 is 29.2 Å². The Morgan fingerprint density at radius 2 is 2.14 bits per heavy atom. The van der Waals surface area contributed by atoms with Gasteiger partial charge in [0.2, 0.25) is 0 Å². The first-order valence-electron chi connectivity index (χ1n) is 6.28. The monoisotopic (exact) mass is 307 g/mol. The Kier molecular flexibility index (Phi) is 4.59. The van der Waals surface area contributed by atoms with Gasteiger partial charge in [0, 0.05) is 16.9 Å². The standard InChI is InChI=1S/C14H14ClN3O3/c1-9-2-3-10(8-11(9)15)16-14(21)12-4-6-18(17-12)7-5-13(19)20/h2-4,6,8H,5,7H2,1H3,(H,16,21)(H,19,20). The van der Waals surface area contributed by atoms with Crippen LogP contribution in [0.2, 0.25) is 5.02 Å².